The average Bonchev–Trinajstić information content (AvgIpc) is 2.41. The summed E-state index contributed by atoms with van der Waals surface area (Å²) in [6, 6.07) is 8.13. The molecule has 0 unspecified atom stereocenters. The number of anilines is 1. The number of hydrogen-bond donors (Lipinski definition) is 1. The van der Waals surface area contributed by atoms with E-state index in [1.165, 1.54) is 12.1 Å². The lowest BCUT2D eigenvalue weighted by molar-refractivity contribution is 0.397. The minimum absolute atomic E-state index is 0.220. The van der Waals surface area contributed by atoms with Crippen LogP contribution < -0.4 is 10.1 Å². The topological polar surface area (TPSA) is 47.0 Å². The highest BCUT2D eigenvalue weighted by Crippen LogP contribution is 2.08. The molecule has 0 amide bonds. The van der Waals surface area contributed by atoms with E-state index in [0.717, 1.165) is 12.0 Å². The predicted molar refractivity (Wildman–Crippen MR) is 67.2 cm³/mol. The summed E-state index contributed by atoms with van der Waals surface area (Å²) in [7, 11) is 1.56. The van der Waals surface area contributed by atoms with Crippen LogP contribution in [-0.4, -0.2) is 23.6 Å². The Morgan fingerprint density at radius 2 is 2.00 bits per heavy atom. The first-order valence-corrected chi connectivity index (χ1v) is 5.63. The quantitative estimate of drug-likeness (QED) is 0.880. The van der Waals surface area contributed by atoms with E-state index in [-0.39, 0.29) is 5.82 Å². The van der Waals surface area contributed by atoms with Gasteiger partial charge in [0.1, 0.15) is 5.82 Å². The molecule has 94 valence electrons. The second-order valence-corrected chi connectivity index (χ2v) is 3.73. The molecule has 2 rings (SSSR count). The van der Waals surface area contributed by atoms with Gasteiger partial charge < -0.3 is 10.1 Å². The summed E-state index contributed by atoms with van der Waals surface area (Å²) in [5.41, 5.74) is 1.06. The van der Waals surface area contributed by atoms with Crippen LogP contribution in [0.4, 0.5) is 10.3 Å². The largest absolute Gasteiger partial charge is 0.481 e. The van der Waals surface area contributed by atoms with Gasteiger partial charge in [0.2, 0.25) is 11.8 Å². The van der Waals surface area contributed by atoms with Crippen LogP contribution in [0.15, 0.2) is 36.5 Å². The summed E-state index contributed by atoms with van der Waals surface area (Å²) in [4.78, 5) is 8.20. The Balaban J connectivity index is 1.86. The fourth-order valence-corrected chi connectivity index (χ4v) is 1.51. The number of methoxy groups -OCH3 is 1. The maximum Gasteiger partial charge on any atom is 0.225 e. The number of aromatic nitrogens is 2. The third-order valence-corrected chi connectivity index (χ3v) is 2.45. The predicted octanol–water partition coefficient (Wildman–Crippen LogP) is 2.28. The fourth-order valence-electron chi connectivity index (χ4n) is 1.51. The van der Waals surface area contributed by atoms with Crippen molar-refractivity contribution in [3.8, 4) is 5.88 Å². The molecule has 0 atom stereocenters. The number of hydrogen-bond acceptors (Lipinski definition) is 4. The molecule has 0 aliphatic rings. The van der Waals surface area contributed by atoms with Crippen molar-refractivity contribution in [1.82, 2.24) is 9.97 Å². The van der Waals surface area contributed by atoms with E-state index < -0.39 is 0 Å². The van der Waals surface area contributed by atoms with E-state index in [9.17, 15) is 4.39 Å². The maximum absolute atomic E-state index is 12.7. The Morgan fingerprint density at radius 3 is 2.72 bits per heavy atom. The first kappa shape index (κ1) is 12.3. The van der Waals surface area contributed by atoms with Crippen molar-refractivity contribution in [2.45, 2.75) is 6.42 Å². The monoisotopic (exact) mass is 247 g/mol. The van der Waals surface area contributed by atoms with Crippen LogP contribution in [0.3, 0.4) is 0 Å². The van der Waals surface area contributed by atoms with E-state index >= 15 is 0 Å². The number of benzene rings is 1. The fraction of sp³-hybridized carbons (Fsp3) is 0.231. The van der Waals surface area contributed by atoms with Crippen molar-refractivity contribution in [2.75, 3.05) is 19.0 Å². The second kappa shape index (κ2) is 5.95. The van der Waals surface area contributed by atoms with E-state index in [1.54, 1.807) is 31.5 Å². The van der Waals surface area contributed by atoms with Crippen molar-refractivity contribution in [3.63, 3.8) is 0 Å². The minimum Gasteiger partial charge on any atom is -0.481 e. The SMILES string of the molecule is COc1ccnc(NCCc2ccc(F)cc2)n1. The van der Waals surface area contributed by atoms with Crippen LogP contribution in [0.25, 0.3) is 0 Å². The van der Waals surface area contributed by atoms with Crippen LogP contribution >= 0.6 is 0 Å². The number of nitrogens with one attached hydrogen (secondary N) is 1. The van der Waals surface area contributed by atoms with Gasteiger partial charge in [-0.2, -0.15) is 4.98 Å². The second-order valence-electron chi connectivity index (χ2n) is 3.73. The first-order valence-electron chi connectivity index (χ1n) is 5.63. The molecular weight excluding hydrogens is 233 g/mol. The summed E-state index contributed by atoms with van der Waals surface area (Å²) >= 11 is 0. The van der Waals surface area contributed by atoms with Gasteiger partial charge in [0.05, 0.1) is 7.11 Å². The molecule has 0 aliphatic heterocycles. The zero-order valence-electron chi connectivity index (χ0n) is 10.1. The molecule has 1 aromatic heterocycles. The van der Waals surface area contributed by atoms with Gasteiger partial charge in [0, 0.05) is 18.8 Å². The molecule has 5 heteroatoms. The molecule has 1 N–H and O–H groups in total. The summed E-state index contributed by atoms with van der Waals surface area (Å²) in [6.07, 6.45) is 2.41. The van der Waals surface area contributed by atoms with E-state index in [4.69, 9.17) is 4.74 Å². The Kier molecular flexibility index (Phi) is 4.06. The van der Waals surface area contributed by atoms with Gasteiger partial charge in [-0.25, -0.2) is 9.37 Å². The van der Waals surface area contributed by atoms with Gasteiger partial charge in [-0.3, -0.25) is 0 Å². The average molecular weight is 247 g/mol. The van der Waals surface area contributed by atoms with E-state index in [2.05, 4.69) is 15.3 Å². The molecule has 4 nitrogen and oxygen atoms in total. The van der Waals surface area contributed by atoms with Gasteiger partial charge >= 0.3 is 0 Å². The zero-order chi connectivity index (χ0) is 12.8. The van der Waals surface area contributed by atoms with E-state index in [1.807, 2.05) is 0 Å². The number of ether oxygens (including phenoxy) is 1. The van der Waals surface area contributed by atoms with Crippen LogP contribution in [0.5, 0.6) is 5.88 Å². The van der Waals surface area contributed by atoms with Crippen molar-refractivity contribution < 1.29 is 9.13 Å². The third-order valence-electron chi connectivity index (χ3n) is 2.45. The van der Waals surface area contributed by atoms with Gasteiger partial charge in [0.15, 0.2) is 0 Å². The minimum atomic E-state index is -0.220. The highest BCUT2D eigenvalue weighted by atomic mass is 19.1. The normalized spacial score (nSPS) is 10.1. The number of halogens is 1. The molecule has 1 heterocycles. The van der Waals surface area contributed by atoms with Crippen LogP contribution in [0, 0.1) is 5.82 Å². The lowest BCUT2D eigenvalue weighted by Crippen LogP contribution is -2.08. The molecule has 0 fully saturated rings. The number of nitrogens with zero attached hydrogens (tertiary/aromatic N) is 2. The summed E-state index contributed by atoms with van der Waals surface area (Å²) in [5.74, 6) is 0.827. The van der Waals surface area contributed by atoms with Crippen molar-refractivity contribution in [2.24, 2.45) is 0 Å². The molecule has 0 spiro atoms. The molecule has 0 bridgehead atoms. The Labute approximate surface area is 105 Å². The standard InChI is InChI=1S/C13H14FN3O/c1-18-12-7-9-16-13(17-12)15-8-6-10-2-4-11(14)5-3-10/h2-5,7,9H,6,8H2,1H3,(H,15,16,17). The molecule has 1 aromatic carbocycles. The molecular formula is C13H14FN3O. The highest BCUT2D eigenvalue weighted by Gasteiger charge is 1.99. The number of rotatable bonds is 5. The molecule has 2 aromatic rings. The summed E-state index contributed by atoms with van der Waals surface area (Å²) in [5, 5.41) is 3.09. The van der Waals surface area contributed by atoms with Gasteiger partial charge in [-0.05, 0) is 24.1 Å². The molecule has 0 aliphatic carbocycles. The van der Waals surface area contributed by atoms with Crippen molar-refractivity contribution >= 4 is 5.95 Å². The summed E-state index contributed by atoms with van der Waals surface area (Å²) < 4.78 is 17.7. The Bertz CT molecular complexity index is 502. The molecule has 0 radical (unpaired) electrons. The van der Waals surface area contributed by atoms with Gasteiger partial charge in [-0.1, -0.05) is 12.1 Å². The Hall–Kier alpha value is -2.17. The third kappa shape index (κ3) is 3.41. The molecule has 0 saturated carbocycles. The maximum atomic E-state index is 12.7. The smallest absolute Gasteiger partial charge is 0.225 e. The first-order chi connectivity index (χ1) is 8.78. The van der Waals surface area contributed by atoms with Crippen LogP contribution in [0.1, 0.15) is 5.56 Å². The van der Waals surface area contributed by atoms with Gasteiger partial charge in [0.25, 0.3) is 0 Å². The van der Waals surface area contributed by atoms with Crippen molar-refractivity contribution in [1.29, 1.82) is 0 Å². The zero-order valence-corrected chi connectivity index (χ0v) is 10.1. The molecule has 0 saturated heterocycles. The highest BCUT2D eigenvalue weighted by molar-refractivity contribution is 5.28. The lowest BCUT2D eigenvalue weighted by Gasteiger charge is -2.05. The van der Waals surface area contributed by atoms with E-state index in [0.29, 0.717) is 18.4 Å². The van der Waals surface area contributed by atoms with Crippen LogP contribution in [0.2, 0.25) is 0 Å². The summed E-state index contributed by atoms with van der Waals surface area (Å²) in [6.45, 7) is 0.679. The Morgan fingerprint density at radius 1 is 1.22 bits per heavy atom. The van der Waals surface area contributed by atoms with Crippen molar-refractivity contribution in [3.05, 3.63) is 47.9 Å². The molecule has 18 heavy (non-hydrogen) atoms. The van der Waals surface area contributed by atoms with Gasteiger partial charge in [-0.15, -0.1) is 0 Å². The lowest BCUT2D eigenvalue weighted by atomic mass is 10.1. The van der Waals surface area contributed by atoms with Crippen LogP contribution in [-0.2, 0) is 6.42 Å².